The van der Waals surface area contributed by atoms with E-state index in [0.29, 0.717) is 10.3 Å². The first kappa shape index (κ1) is 23.0. The van der Waals surface area contributed by atoms with Crippen LogP contribution in [-0.2, 0) is 14.8 Å². The molecule has 1 saturated heterocycles. The zero-order chi connectivity index (χ0) is 24.9. The molecule has 1 fully saturated rings. The van der Waals surface area contributed by atoms with Crippen molar-refractivity contribution >= 4 is 39.4 Å². The molecule has 1 amide bonds. The van der Waals surface area contributed by atoms with Gasteiger partial charge < -0.3 is 19.6 Å². The second-order valence-corrected chi connectivity index (χ2v) is 11.3. The third-order valence-electron chi connectivity index (χ3n) is 6.96. The molecule has 0 bridgehead atoms. The molecule has 6 rings (SSSR count). The van der Waals surface area contributed by atoms with Crippen LogP contribution in [0.2, 0.25) is 0 Å². The molecule has 1 aromatic heterocycles. The van der Waals surface area contributed by atoms with Gasteiger partial charge in [0.05, 0.1) is 15.9 Å². The summed E-state index contributed by atoms with van der Waals surface area (Å²) in [6, 6.07) is 21.2. The zero-order valence-corrected chi connectivity index (χ0v) is 20.9. The number of fused-ring (bicyclic) bond motifs is 4. The van der Waals surface area contributed by atoms with Crippen LogP contribution < -0.4 is 0 Å². The highest BCUT2D eigenvalue weighted by Crippen LogP contribution is 2.44. The van der Waals surface area contributed by atoms with Gasteiger partial charge in [-0.15, -0.1) is 0 Å². The summed E-state index contributed by atoms with van der Waals surface area (Å²) in [4.78, 5) is 20.6. The first-order chi connectivity index (χ1) is 17.4. The standard InChI is InChI=1S/C26H24N4O4S2/c31-26(34-16-22-20-7-3-1-5-18(20)19-6-2-4-8-21(19)22)29-11-13-30(14-12-29)36(32,33)17-9-10-23-24(15-17)28-25(35)27-23/h1-10,15,22H,11-14,16H2,(H2,27,28,35). The third-order valence-corrected chi connectivity index (χ3v) is 9.06. The fourth-order valence-electron chi connectivity index (χ4n) is 5.12. The Morgan fingerprint density at radius 1 is 0.889 bits per heavy atom. The van der Waals surface area contributed by atoms with Crippen LogP contribution in [0.5, 0.6) is 0 Å². The molecule has 8 nitrogen and oxygen atoms in total. The lowest BCUT2D eigenvalue weighted by atomic mass is 9.98. The molecule has 184 valence electrons. The Morgan fingerprint density at radius 3 is 2.17 bits per heavy atom. The van der Waals surface area contributed by atoms with E-state index in [1.165, 1.54) is 15.4 Å². The van der Waals surface area contributed by atoms with Gasteiger partial charge in [-0.05, 0) is 52.7 Å². The van der Waals surface area contributed by atoms with Crippen molar-refractivity contribution in [2.45, 2.75) is 10.8 Å². The predicted octanol–water partition coefficient (Wildman–Crippen LogP) is 4.48. The number of nitrogens with zero attached hydrogens (tertiary/aromatic N) is 2. The number of rotatable bonds is 4. The van der Waals surface area contributed by atoms with Crippen LogP contribution in [0.4, 0.5) is 4.79 Å². The first-order valence-electron chi connectivity index (χ1n) is 11.7. The van der Waals surface area contributed by atoms with E-state index in [4.69, 9.17) is 17.0 Å². The Kier molecular flexibility index (Phi) is 5.66. The average molecular weight is 521 g/mol. The molecular weight excluding hydrogens is 496 g/mol. The lowest BCUT2D eigenvalue weighted by molar-refractivity contribution is 0.0871. The average Bonchev–Trinajstić information content (AvgIpc) is 3.43. The number of benzene rings is 3. The van der Waals surface area contributed by atoms with Crippen LogP contribution >= 0.6 is 12.2 Å². The van der Waals surface area contributed by atoms with Gasteiger partial charge in [-0.1, -0.05) is 48.5 Å². The highest BCUT2D eigenvalue weighted by molar-refractivity contribution is 7.89. The molecule has 36 heavy (non-hydrogen) atoms. The molecule has 0 saturated carbocycles. The van der Waals surface area contributed by atoms with Crippen molar-refractivity contribution in [2.24, 2.45) is 0 Å². The summed E-state index contributed by atoms with van der Waals surface area (Å²) in [6.45, 7) is 1.18. The van der Waals surface area contributed by atoms with E-state index >= 15 is 0 Å². The highest BCUT2D eigenvalue weighted by atomic mass is 32.2. The molecule has 1 aliphatic carbocycles. The molecule has 2 N–H and O–H groups in total. The van der Waals surface area contributed by atoms with Crippen molar-refractivity contribution in [1.29, 1.82) is 0 Å². The monoisotopic (exact) mass is 520 g/mol. The van der Waals surface area contributed by atoms with E-state index in [9.17, 15) is 13.2 Å². The zero-order valence-electron chi connectivity index (χ0n) is 19.3. The van der Waals surface area contributed by atoms with Crippen molar-refractivity contribution in [3.63, 3.8) is 0 Å². The number of carbonyl (C=O) groups excluding carboxylic acids is 1. The number of ether oxygens (including phenoxy) is 1. The molecule has 3 aromatic carbocycles. The molecule has 0 spiro atoms. The van der Waals surface area contributed by atoms with Crippen molar-refractivity contribution in [1.82, 2.24) is 19.2 Å². The van der Waals surface area contributed by atoms with Crippen LogP contribution in [0.25, 0.3) is 22.2 Å². The molecular formula is C26H24N4O4S2. The Balaban J connectivity index is 1.11. The van der Waals surface area contributed by atoms with Crippen LogP contribution in [0.1, 0.15) is 17.0 Å². The van der Waals surface area contributed by atoms with Crippen molar-refractivity contribution in [3.8, 4) is 11.1 Å². The van der Waals surface area contributed by atoms with Crippen molar-refractivity contribution in [3.05, 3.63) is 82.6 Å². The summed E-state index contributed by atoms with van der Waals surface area (Å²) in [5.41, 5.74) is 6.04. The molecule has 4 aromatic rings. The summed E-state index contributed by atoms with van der Waals surface area (Å²) < 4.78 is 34.0. The van der Waals surface area contributed by atoms with Gasteiger partial charge in [0.15, 0.2) is 4.77 Å². The fraction of sp³-hybridized carbons (Fsp3) is 0.231. The van der Waals surface area contributed by atoms with E-state index in [0.717, 1.165) is 16.6 Å². The van der Waals surface area contributed by atoms with E-state index in [-0.39, 0.29) is 43.6 Å². The van der Waals surface area contributed by atoms with Crippen LogP contribution in [0.3, 0.4) is 0 Å². The van der Waals surface area contributed by atoms with Gasteiger partial charge in [-0.3, -0.25) is 0 Å². The Hall–Kier alpha value is -3.47. The molecule has 1 aliphatic heterocycles. The minimum atomic E-state index is -3.70. The van der Waals surface area contributed by atoms with Gasteiger partial charge in [0.25, 0.3) is 0 Å². The SMILES string of the molecule is O=C(OCC1c2ccccc2-c2ccccc21)N1CCN(S(=O)(=O)c2ccc3[nH]c(=S)[nH]c3c2)CC1. The third kappa shape index (κ3) is 3.91. The number of amides is 1. The first-order valence-corrected chi connectivity index (χ1v) is 13.6. The minimum absolute atomic E-state index is 0.0150. The number of H-pyrrole nitrogens is 2. The number of sulfonamides is 1. The van der Waals surface area contributed by atoms with Gasteiger partial charge in [-0.25, -0.2) is 13.2 Å². The largest absolute Gasteiger partial charge is 0.448 e. The maximum atomic E-state index is 13.2. The number of hydrogen-bond acceptors (Lipinski definition) is 5. The van der Waals surface area contributed by atoms with Crippen LogP contribution in [-0.4, -0.2) is 66.5 Å². The number of aromatic nitrogens is 2. The normalized spacial score (nSPS) is 16.2. The Morgan fingerprint density at radius 2 is 1.50 bits per heavy atom. The summed E-state index contributed by atoms with van der Waals surface area (Å²) in [7, 11) is -3.70. The number of imidazole rings is 1. The molecule has 10 heteroatoms. The van der Waals surface area contributed by atoms with Gasteiger partial charge in [-0.2, -0.15) is 4.31 Å². The summed E-state index contributed by atoms with van der Waals surface area (Å²) >= 11 is 5.09. The second-order valence-electron chi connectivity index (χ2n) is 8.98. The number of hydrogen-bond donors (Lipinski definition) is 2. The van der Waals surface area contributed by atoms with E-state index in [1.807, 2.05) is 24.3 Å². The van der Waals surface area contributed by atoms with E-state index in [2.05, 4.69) is 34.2 Å². The smallest absolute Gasteiger partial charge is 0.409 e. The fourth-order valence-corrected chi connectivity index (χ4v) is 6.79. The number of piperazine rings is 1. The van der Waals surface area contributed by atoms with Gasteiger partial charge in [0.1, 0.15) is 6.61 Å². The van der Waals surface area contributed by atoms with Gasteiger partial charge in [0, 0.05) is 32.1 Å². The number of carbonyl (C=O) groups is 1. The molecule has 0 atom stereocenters. The van der Waals surface area contributed by atoms with E-state index in [1.54, 1.807) is 23.1 Å². The van der Waals surface area contributed by atoms with Crippen molar-refractivity contribution in [2.75, 3.05) is 32.8 Å². The molecule has 0 radical (unpaired) electrons. The van der Waals surface area contributed by atoms with Crippen LogP contribution in [0.15, 0.2) is 71.6 Å². The maximum absolute atomic E-state index is 13.2. The predicted molar refractivity (Wildman–Crippen MR) is 139 cm³/mol. The second kappa shape index (κ2) is 8.88. The summed E-state index contributed by atoms with van der Waals surface area (Å²) in [5.74, 6) is -0.0150. The lowest BCUT2D eigenvalue weighted by Gasteiger charge is -2.33. The molecule has 2 heterocycles. The summed E-state index contributed by atoms with van der Waals surface area (Å²) in [6.07, 6.45) is -0.421. The topological polar surface area (TPSA) is 98.5 Å². The lowest BCUT2D eigenvalue weighted by Crippen LogP contribution is -2.50. The Bertz CT molecular complexity index is 1590. The highest BCUT2D eigenvalue weighted by Gasteiger charge is 2.33. The van der Waals surface area contributed by atoms with Gasteiger partial charge >= 0.3 is 6.09 Å². The number of nitrogens with one attached hydrogen (secondary N) is 2. The van der Waals surface area contributed by atoms with Crippen molar-refractivity contribution < 1.29 is 17.9 Å². The Labute approximate surface area is 213 Å². The summed E-state index contributed by atoms with van der Waals surface area (Å²) in [5, 5.41) is 0. The van der Waals surface area contributed by atoms with Crippen LogP contribution in [0, 0.1) is 4.77 Å². The van der Waals surface area contributed by atoms with E-state index < -0.39 is 16.1 Å². The quantitative estimate of drug-likeness (QED) is 0.387. The minimum Gasteiger partial charge on any atom is -0.448 e. The van der Waals surface area contributed by atoms with Gasteiger partial charge in [0.2, 0.25) is 10.0 Å². The maximum Gasteiger partial charge on any atom is 0.409 e. The number of aromatic amines is 2. The molecule has 2 aliphatic rings. The molecule has 0 unspecified atom stereocenters.